The maximum absolute atomic E-state index is 12.9. The normalized spacial score (nSPS) is 10.6. The molecule has 0 aliphatic carbocycles. The molecule has 3 rings (SSSR count). The van der Waals surface area contributed by atoms with Crippen molar-refractivity contribution >= 4 is 23.2 Å². The van der Waals surface area contributed by atoms with Crippen molar-refractivity contribution in [3.8, 4) is 5.69 Å². The van der Waals surface area contributed by atoms with Crippen molar-refractivity contribution in [1.82, 2.24) is 20.2 Å². The minimum absolute atomic E-state index is 0.185. The van der Waals surface area contributed by atoms with Gasteiger partial charge in [-0.25, -0.2) is 9.07 Å². The van der Waals surface area contributed by atoms with E-state index in [0.717, 1.165) is 5.56 Å². The number of nitrogens with zero attached hydrogens (tertiary/aromatic N) is 4. The summed E-state index contributed by atoms with van der Waals surface area (Å²) in [5.74, 6) is -0.482. The highest BCUT2D eigenvalue weighted by Gasteiger charge is 2.09. The molecule has 0 atom stereocenters. The van der Waals surface area contributed by atoms with Crippen molar-refractivity contribution in [2.45, 2.75) is 12.8 Å². The van der Waals surface area contributed by atoms with Gasteiger partial charge in [-0.05, 0) is 52.7 Å². The van der Waals surface area contributed by atoms with Crippen molar-refractivity contribution < 1.29 is 9.18 Å². The number of nitrogens with one attached hydrogen (secondary N) is 1. The van der Waals surface area contributed by atoms with Crippen LogP contribution in [0.15, 0.2) is 48.8 Å². The third-order valence-electron chi connectivity index (χ3n) is 3.39. The topological polar surface area (TPSA) is 72.7 Å². The van der Waals surface area contributed by atoms with Gasteiger partial charge in [-0.1, -0.05) is 23.7 Å². The van der Waals surface area contributed by atoms with Crippen LogP contribution in [0.5, 0.6) is 0 Å². The first-order valence-corrected chi connectivity index (χ1v) is 7.57. The number of halogens is 2. The minimum atomic E-state index is -0.297. The Morgan fingerprint density at radius 1 is 1.21 bits per heavy atom. The molecule has 1 amide bonds. The molecule has 0 saturated carbocycles. The predicted octanol–water partition coefficient (Wildman–Crippen LogP) is 3.03. The van der Waals surface area contributed by atoms with Gasteiger partial charge < -0.3 is 5.32 Å². The number of carbonyl (C=O) groups is 1. The van der Waals surface area contributed by atoms with E-state index in [1.807, 2.05) is 0 Å². The summed E-state index contributed by atoms with van der Waals surface area (Å²) in [4.78, 5) is 12.1. The summed E-state index contributed by atoms with van der Waals surface area (Å²) in [6.07, 6.45) is 2.22. The van der Waals surface area contributed by atoms with Gasteiger partial charge in [0, 0.05) is 6.42 Å². The number of carbonyl (C=O) groups excluding carboxylic acids is 1. The van der Waals surface area contributed by atoms with Crippen LogP contribution in [-0.2, 0) is 11.2 Å². The van der Waals surface area contributed by atoms with Crippen molar-refractivity contribution in [3.63, 3.8) is 0 Å². The van der Waals surface area contributed by atoms with Crippen LogP contribution >= 0.6 is 11.6 Å². The standard InChI is InChI=1S/C16H13ClFN5O/c17-14-7-6-13(23-10-19-21-22-23)9-15(14)20-16(24)8-3-11-1-4-12(18)5-2-11/h1-2,4-7,9-10H,3,8H2,(H,20,24). The number of amides is 1. The van der Waals surface area contributed by atoms with Gasteiger partial charge in [0.05, 0.1) is 16.4 Å². The first kappa shape index (κ1) is 16.1. The zero-order valence-electron chi connectivity index (χ0n) is 12.5. The molecule has 0 saturated heterocycles. The van der Waals surface area contributed by atoms with E-state index in [1.165, 1.54) is 23.1 Å². The van der Waals surface area contributed by atoms with Crippen LogP contribution in [0.3, 0.4) is 0 Å². The Balaban J connectivity index is 1.65. The Hall–Kier alpha value is -2.80. The second kappa shape index (κ2) is 7.18. The summed E-state index contributed by atoms with van der Waals surface area (Å²) in [5.41, 5.74) is 2.05. The van der Waals surface area contributed by atoms with E-state index < -0.39 is 0 Å². The van der Waals surface area contributed by atoms with Crippen LogP contribution in [0, 0.1) is 5.82 Å². The smallest absolute Gasteiger partial charge is 0.224 e. The lowest BCUT2D eigenvalue weighted by Crippen LogP contribution is -2.13. The molecule has 122 valence electrons. The Labute approximate surface area is 142 Å². The van der Waals surface area contributed by atoms with E-state index in [9.17, 15) is 9.18 Å². The average molecular weight is 346 g/mol. The molecule has 1 N–H and O–H groups in total. The molecule has 1 heterocycles. The molecule has 24 heavy (non-hydrogen) atoms. The lowest BCUT2D eigenvalue weighted by atomic mass is 10.1. The van der Waals surface area contributed by atoms with Gasteiger partial charge in [0.2, 0.25) is 5.91 Å². The number of anilines is 1. The van der Waals surface area contributed by atoms with E-state index in [0.29, 0.717) is 22.8 Å². The van der Waals surface area contributed by atoms with Crippen LogP contribution in [0.1, 0.15) is 12.0 Å². The fourth-order valence-electron chi connectivity index (χ4n) is 2.15. The van der Waals surface area contributed by atoms with Gasteiger partial charge in [-0.3, -0.25) is 4.79 Å². The molecule has 3 aromatic rings. The zero-order chi connectivity index (χ0) is 16.9. The SMILES string of the molecule is O=C(CCc1ccc(F)cc1)Nc1cc(-n2cnnn2)ccc1Cl. The highest BCUT2D eigenvalue weighted by atomic mass is 35.5. The Morgan fingerprint density at radius 2 is 2.00 bits per heavy atom. The summed E-state index contributed by atoms with van der Waals surface area (Å²) >= 11 is 6.12. The highest BCUT2D eigenvalue weighted by molar-refractivity contribution is 6.33. The van der Waals surface area contributed by atoms with Gasteiger partial charge in [0.1, 0.15) is 12.1 Å². The molecule has 2 aromatic carbocycles. The summed E-state index contributed by atoms with van der Waals surface area (Å²) in [5, 5.41) is 14.1. The molecular weight excluding hydrogens is 333 g/mol. The number of hydrogen-bond donors (Lipinski definition) is 1. The van der Waals surface area contributed by atoms with Crippen molar-refractivity contribution in [1.29, 1.82) is 0 Å². The zero-order valence-corrected chi connectivity index (χ0v) is 13.2. The molecular formula is C16H13ClFN5O. The summed E-state index contributed by atoms with van der Waals surface area (Å²) in [6, 6.07) is 11.2. The molecule has 0 spiro atoms. The van der Waals surface area contributed by atoms with Crippen molar-refractivity contribution in [2.75, 3.05) is 5.32 Å². The summed E-state index contributed by atoms with van der Waals surface area (Å²) < 4.78 is 14.3. The van der Waals surface area contributed by atoms with Crippen LogP contribution in [-0.4, -0.2) is 26.1 Å². The number of rotatable bonds is 5. The fraction of sp³-hybridized carbons (Fsp3) is 0.125. The minimum Gasteiger partial charge on any atom is -0.325 e. The van der Waals surface area contributed by atoms with Gasteiger partial charge in [-0.2, -0.15) is 0 Å². The molecule has 8 heteroatoms. The number of aryl methyl sites for hydroxylation is 1. The Bertz CT molecular complexity index is 836. The lowest BCUT2D eigenvalue weighted by Gasteiger charge is -2.09. The monoisotopic (exact) mass is 345 g/mol. The van der Waals surface area contributed by atoms with Gasteiger partial charge in [0.15, 0.2) is 0 Å². The molecule has 0 radical (unpaired) electrons. The average Bonchev–Trinajstić information content (AvgIpc) is 3.11. The third-order valence-corrected chi connectivity index (χ3v) is 3.72. The molecule has 0 aliphatic rings. The second-order valence-corrected chi connectivity index (χ2v) is 5.50. The van der Waals surface area contributed by atoms with Gasteiger partial charge in [-0.15, -0.1) is 5.10 Å². The van der Waals surface area contributed by atoms with Gasteiger partial charge in [0.25, 0.3) is 0 Å². The van der Waals surface area contributed by atoms with E-state index in [2.05, 4.69) is 20.8 Å². The molecule has 1 aromatic heterocycles. The Kier molecular flexibility index (Phi) is 4.81. The van der Waals surface area contributed by atoms with E-state index in [-0.39, 0.29) is 18.1 Å². The largest absolute Gasteiger partial charge is 0.325 e. The van der Waals surface area contributed by atoms with E-state index in [4.69, 9.17) is 11.6 Å². The van der Waals surface area contributed by atoms with Crippen molar-refractivity contribution in [3.05, 3.63) is 65.2 Å². The third kappa shape index (κ3) is 3.94. The maximum atomic E-state index is 12.9. The molecule has 0 unspecified atom stereocenters. The molecule has 0 bridgehead atoms. The van der Waals surface area contributed by atoms with E-state index in [1.54, 1.807) is 30.3 Å². The fourth-order valence-corrected chi connectivity index (χ4v) is 2.32. The number of tetrazole rings is 1. The molecule has 0 aliphatic heterocycles. The number of benzene rings is 2. The van der Waals surface area contributed by atoms with Gasteiger partial charge >= 0.3 is 0 Å². The van der Waals surface area contributed by atoms with Crippen molar-refractivity contribution in [2.24, 2.45) is 0 Å². The molecule has 6 nitrogen and oxygen atoms in total. The number of aromatic nitrogens is 4. The lowest BCUT2D eigenvalue weighted by molar-refractivity contribution is -0.116. The van der Waals surface area contributed by atoms with Crippen LogP contribution in [0.25, 0.3) is 5.69 Å². The number of hydrogen-bond acceptors (Lipinski definition) is 4. The van der Waals surface area contributed by atoms with E-state index >= 15 is 0 Å². The quantitative estimate of drug-likeness (QED) is 0.771. The molecule has 0 fully saturated rings. The first-order valence-electron chi connectivity index (χ1n) is 7.19. The summed E-state index contributed by atoms with van der Waals surface area (Å²) in [7, 11) is 0. The van der Waals surface area contributed by atoms with Crippen LogP contribution in [0.2, 0.25) is 5.02 Å². The second-order valence-electron chi connectivity index (χ2n) is 5.09. The summed E-state index contributed by atoms with van der Waals surface area (Å²) in [6.45, 7) is 0. The van der Waals surface area contributed by atoms with Crippen LogP contribution in [0.4, 0.5) is 10.1 Å². The highest BCUT2D eigenvalue weighted by Crippen LogP contribution is 2.24. The predicted molar refractivity (Wildman–Crippen MR) is 87.5 cm³/mol. The Morgan fingerprint density at radius 3 is 2.71 bits per heavy atom. The maximum Gasteiger partial charge on any atom is 0.224 e. The van der Waals surface area contributed by atoms with Crippen LogP contribution < -0.4 is 5.32 Å². The first-order chi connectivity index (χ1) is 11.6.